The van der Waals surface area contributed by atoms with Crippen molar-refractivity contribution >= 4 is 28.6 Å². The van der Waals surface area contributed by atoms with Gasteiger partial charge in [0.15, 0.2) is 17.3 Å². The van der Waals surface area contributed by atoms with E-state index in [0.717, 1.165) is 42.9 Å². The molecule has 1 aromatic heterocycles. The van der Waals surface area contributed by atoms with Crippen molar-refractivity contribution in [2.45, 2.75) is 32.2 Å². The van der Waals surface area contributed by atoms with Crippen LogP contribution in [0.2, 0.25) is 0 Å². The molecule has 0 N–H and O–H groups in total. The molecule has 0 bridgehead atoms. The van der Waals surface area contributed by atoms with Gasteiger partial charge in [-0.05, 0) is 36.6 Å². The number of aromatic nitrogens is 3. The first-order valence-corrected chi connectivity index (χ1v) is 8.29. The zero-order valence-corrected chi connectivity index (χ0v) is 15.5. The molecule has 0 radical (unpaired) electrons. The second-order valence-corrected chi connectivity index (χ2v) is 5.98. The van der Waals surface area contributed by atoms with E-state index in [2.05, 4.69) is 20.8 Å². The summed E-state index contributed by atoms with van der Waals surface area (Å²) in [5, 5.41) is 18.1. The molecule has 0 aliphatic carbocycles. The van der Waals surface area contributed by atoms with E-state index in [4.69, 9.17) is 9.47 Å². The van der Waals surface area contributed by atoms with E-state index in [1.807, 2.05) is 24.3 Å². The van der Waals surface area contributed by atoms with Crippen molar-refractivity contribution in [1.29, 1.82) is 5.26 Å². The molecule has 0 saturated heterocycles. The van der Waals surface area contributed by atoms with Crippen LogP contribution in [0.15, 0.2) is 18.2 Å². The highest BCUT2D eigenvalue weighted by Crippen LogP contribution is 2.32. The summed E-state index contributed by atoms with van der Waals surface area (Å²) in [5.74, 6) is 3.09. The van der Waals surface area contributed by atoms with Gasteiger partial charge >= 0.3 is 0 Å². The van der Waals surface area contributed by atoms with Gasteiger partial charge in [-0.3, -0.25) is 0 Å². The van der Waals surface area contributed by atoms with Crippen molar-refractivity contribution in [2.75, 3.05) is 13.2 Å². The maximum atomic E-state index is 9.61. The number of benzene rings is 1. The van der Waals surface area contributed by atoms with Crippen molar-refractivity contribution < 1.29 is 9.47 Å². The molecule has 6 nitrogen and oxygen atoms in total. The summed E-state index contributed by atoms with van der Waals surface area (Å²) >= 11 is 0. The van der Waals surface area contributed by atoms with E-state index >= 15 is 0 Å². The first kappa shape index (κ1) is 17.5. The molecule has 0 atom stereocenters. The fourth-order valence-electron chi connectivity index (χ4n) is 3.15. The van der Waals surface area contributed by atoms with Gasteiger partial charge in [0.1, 0.15) is 25.1 Å². The SMILES string of the molecule is Br.N#CC(=Cc1ccc2c(c1)OCCO2)c1nnc2n1CCCCC2. The number of hydrogen-bond donors (Lipinski definition) is 0. The van der Waals surface area contributed by atoms with Crippen LogP contribution in [0.1, 0.15) is 36.5 Å². The van der Waals surface area contributed by atoms with Gasteiger partial charge in [-0.1, -0.05) is 12.5 Å². The van der Waals surface area contributed by atoms with Crippen LogP contribution in [0.3, 0.4) is 0 Å². The third kappa shape index (κ3) is 3.54. The molecule has 25 heavy (non-hydrogen) atoms. The molecule has 4 rings (SSSR count). The molecule has 2 aliphatic heterocycles. The molecule has 2 aromatic rings. The summed E-state index contributed by atoms with van der Waals surface area (Å²) in [6, 6.07) is 7.96. The van der Waals surface area contributed by atoms with Crippen LogP contribution >= 0.6 is 17.0 Å². The average Bonchev–Trinajstić information content (AvgIpc) is 2.87. The Hall–Kier alpha value is -2.33. The Balaban J connectivity index is 0.00000182. The number of ether oxygens (including phenoxy) is 2. The predicted molar refractivity (Wildman–Crippen MR) is 98.8 cm³/mol. The van der Waals surface area contributed by atoms with Crippen LogP contribution in [-0.2, 0) is 13.0 Å². The Morgan fingerprint density at radius 3 is 2.80 bits per heavy atom. The molecule has 2 aliphatic rings. The van der Waals surface area contributed by atoms with E-state index in [9.17, 15) is 5.26 Å². The molecule has 0 saturated carbocycles. The van der Waals surface area contributed by atoms with Crippen LogP contribution in [0, 0.1) is 11.3 Å². The second-order valence-electron chi connectivity index (χ2n) is 5.98. The Morgan fingerprint density at radius 2 is 1.96 bits per heavy atom. The van der Waals surface area contributed by atoms with Gasteiger partial charge in [-0.15, -0.1) is 27.2 Å². The molecule has 1 aromatic carbocycles. The number of nitrogens with zero attached hydrogens (tertiary/aromatic N) is 4. The van der Waals surface area contributed by atoms with E-state index < -0.39 is 0 Å². The minimum atomic E-state index is 0. The Bertz CT molecular complexity index is 838. The van der Waals surface area contributed by atoms with Gasteiger partial charge in [-0.2, -0.15) is 5.26 Å². The Morgan fingerprint density at radius 1 is 1.12 bits per heavy atom. The zero-order valence-electron chi connectivity index (χ0n) is 13.8. The molecule has 0 fully saturated rings. The van der Waals surface area contributed by atoms with Crippen LogP contribution < -0.4 is 9.47 Å². The quantitative estimate of drug-likeness (QED) is 0.719. The first-order valence-electron chi connectivity index (χ1n) is 8.29. The molecular weight excluding hydrogens is 384 g/mol. The number of nitriles is 1. The molecule has 0 amide bonds. The highest BCUT2D eigenvalue weighted by atomic mass is 79.9. The Kier molecular flexibility index (Phi) is 5.39. The summed E-state index contributed by atoms with van der Waals surface area (Å²) in [5.41, 5.74) is 1.41. The molecule has 130 valence electrons. The molecule has 7 heteroatoms. The molecule has 0 spiro atoms. The summed E-state index contributed by atoms with van der Waals surface area (Å²) in [6.07, 6.45) is 6.18. The largest absolute Gasteiger partial charge is 0.486 e. The highest BCUT2D eigenvalue weighted by Gasteiger charge is 2.18. The van der Waals surface area contributed by atoms with Gasteiger partial charge in [-0.25, -0.2) is 0 Å². The smallest absolute Gasteiger partial charge is 0.174 e. The maximum absolute atomic E-state index is 9.61. The normalized spacial score (nSPS) is 16.2. The third-order valence-corrected chi connectivity index (χ3v) is 4.35. The first-order chi connectivity index (χ1) is 11.8. The fourth-order valence-corrected chi connectivity index (χ4v) is 3.15. The van der Waals surface area contributed by atoms with Gasteiger partial charge < -0.3 is 14.0 Å². The predicted octanol–water partition coefficient (Wildman–Crippen LogP) is 3.42. The van der Waals surface area contributed by atoms with Crippen molar-refractivity contribution in [3.63, 3.8) is 0 Å². The van der Waals surface area contributed by atoms with Crippen LogP contribution in [0.5, 0.6) is 11.5 Å². The summed E-state index contributed by atoms with van der Waals surface area (Å²) in [6.45, 7) is 1.98. The monoisotopic (exact) mass is 402 g/mol. The molecule has 0 unspecified atom stereocenters. The van der Waals surface area contributed by atoms with Gasteiger partial charge in [0.25, 0.3) is 0 Å². The number of aryl methyl sites for hydroxylation is 1. The van der Waals surface area contributed by atoms with Gasteiger partial charge in [0, 0.05) is 13.0 Å². The molecular formula is C18H19BrN4O2. The third-order valence-electron chi connectivity index (χ3n) is 4.35. The average molecular weight is 403 g/mol. The van der Waals surface area contributed by atoms with Crippen LogP contribution in [-0.4, -0.2) is 28.0 Å². The zero-order chi connectivity index (χ0) is 16.4. The van der Waals surface area contributed by atoms with Crippen molar-refractivity contribution in [2.24, 2.45) is 0 Å². The van der Waals surface area contributed by atoms with Crippen molar-refractivity contribution in [3.8, 4) is 17.6 Å². The van der Waals surface area contributed by atoms with Crippen molar-refractivity contribution in [1.82, 2.24) is 14.8 Å². The second kappa shape index (κ2) is 7.70. The number of halogens is 1. The van der Waals surface area contributed by atoms with E-state index in [-0.39, 0.29) is 17.0 Å². The van der Waals surface area contributed by atoms with Crippen molar-refractivity contribution in [3.05, 3.63) is 35.4 Å². The number of hydrogen-bond acceptors (Lipinski definition) is 5. The van der Waals surface area contributed by atoms with Crippen LogP contribution in [0.4, 0.5) is 0 Å². The van der Waals surface area contributed by atoms with E-state index in [0.29, 0.717) is 30.4 Å². The number of rotatable bonds is 2. The highest BCUT2D eigenvalue weighted by molar-refractivity contribution is 8.93. The molecule has 3 heterocycles. The lowest BCUT2D eigenvalue weighted by Crippen LogP contribution is -2.15. The van der Waals surface area contributed by atoms with E-state index in [1.165, 1.54) is 6.42 Å². The minimum Gasteiger partial charge on any atom is -0.486 e. The summed E-state index contributed by atoms with van der Waals surface area (Å²) in [7, 11) is 0. The summed E-state index contributed by atoms with van der Waals surface area (Å²) < 4.78 is 13.2. The minimum absolute atomic E-state index is 0. The standard InChI is InChI=1S/C18H18N4O2.BrH/c19-12-14(18-21-20-17-4-2-1-3-7-22(17)18)10-13-5-6-15-16(11-13)24-9-8-23-15;/h5-6,10-11H,1-4,7-9H2;1H. The van der Waals surface area contributed by atoms with Gasteiger partial charge in [0.2, 0.25) is 0 Å². The lowest BCUT2D eigenvalue weighted by Gasteiger charge is -2.18. The lowest BCUT2D eigenvalue weighted by molar-refractivity contribution is 0.171. The summed E-state index contributed by atoms with van der Waals surface area (Å²) in [4.78, 5) is 0. The lowest BCUT2D eigenvalue weighted by atomic mass is 10.1. The van der Waals surface area contributed by atoms with Gasteiger partial charge in [0.05, 0.1) is 5.57 Å². The number of allylic oxidation sites excluding steroid dienone is 1. The number of fused-ring (bicyclic) bond motifs is 2. The topological polar surface area (TPSA) is 73.0 Å². The van der Waals surface area contributed by atoms with Crippen LogP contribution in [0.25, 0.3) is 11.6 Å². The van der Waals surface area contributed by atoms with E-state index in [1.54, 1.807) is 0 Å². The fraction of sp³-hybridized carbons (Fsp3) is 0.389. The Labute approximate surface area is 156 Å². The maximum Gasteiger partial charge on any atom is 0.174 e.